The summed E-state index contributed by atoms with van der Waals surface area (Å²) in [6.45, 7) is 4.74. The fourth-order valence-corrected chi connectivity index (χ4v) is 4.56. The minimum atomic E-state index is -3.51. The Labute approximate surface area is 167 Å². The minimum absolute atomic E-state index is 0.207. The molecular formula is C20H28N4O3S. The fourth-order valence-electron chi connectivity index (χ4n) is 3.19. The Balaban J connectivity index is 1.57. The van der Waals surface area contributed by atoms with E-state index < -0.39 is 15.6 Å². The molecule has 0 amide bonds. The van der Waals surface area contributed by atoms with Crippen LogP contribution in [-0.4, -0.2) is 67.5 Å². The number of benzene rings is 1. The fraction of sp³-hybridized carbons (Fsp3) is 0.450. The molecule has 0 saturated carbocycles. The third-order valence-corrected chi connectivity index (χ3v) is 7.03. The summed E-state index contributed by atoms with van der Waals surface area (Å²) in [5, 5.41) is 13.8. The van der Waals surface area contributed by atoms with Gasteiger partial charge in [-0.05, 0) is 38.1 Å². The zero-order valence-corrected chi connectivity index (χ0v) is 17.2. The smallest absolute Gasteiger partial charge is 0.244 e. The number of aliphatic hydroxyl groups is 1. The second-order valence-corrected chi connectivity index (χ2v) is 9.34. The van der Waals surface area contributed by atoms with Gasteiger partial charge in [0.1, 0.15) is 10.7 Å². The molecule has 1 aliphatic rings. The number of nitrogens with zero attached hydrogens (tertiary/aromatic N) is 3. The number of anilines is 1. The minimum Gasteiger partial charge on any atom is -0.385 e. The second-order valence-electron chi connectivity index (χ2n) is 7.40. The van der Waals surface area contributed by atoms with Gasteiger partial charge in [-0.25, -0.2) is 13.4 Å². The molecule has 28 heavy (non-hydrogen) atoms. The van der Waals surface area contributed by atoms with Gasteiger partial charge in [0, 0.05) is 38.9 Å². The van der Waals surface area contributed by atoms with Crippen molar-refractivity contribution in [1.82, 2.24) is 14.2 Å². The number of rotatable bonds is 7. The Morgan fingerprint density at radius 1 is 1.11 bits per heavy atom. The Hall–Kier alpha value is -2.00. The van der Waals surface area contributed by atoms with Gasteiger partial charge in [-0.2, -0.15) is 4.31 Å². The summed E-state index contributed by atoms with van der Waals surface area (Å²) >= 11 is 0. The van der Waals surface area contributed by atoms with Crippen LogP contribution in [0.2, 0.25) is 0 Å². The van der Waals surface area contributed by atoms with Crippen molar-refractivity contribution in [3.63, 3.8) is 0 Å². The zero-order chi connectivity index (χ0) is 20.2. The van der Waals surface area contributed by atoms with Crippen LogP contribution in [0.15, 0.2) is 53.6 Å². The second kappa shape index (κ2) is 8.57. The van der Waals surface area contributed by atoms with E-state index in [1.54, 1.807) is 19.1 Å². The van der Waals surface area contributed by atoms with E-state index in [-0.39, 0.29) is 4.90 Å². The first-order chi connectivity index (χ1) is 13.3. The molecule has 7 nitrogen and oxygen atoms in total. The molecule has 2 aromatic rings. The molecule has 152 valence electrons. The summed E-state index contributed by atoms with van der Waals surface area (Å²) in [5.74, 6) is 0.584. The Morgan fingerprint density at radius 3 is 2.39 bits per heavy atom. The van der Waals surface area contributed by atoms with Crippen LogP contribution in [0.4, 0.5) is 5.82 Å². The van der Waals surface area contributed by atoms with Gasteiger partial charge in [0.2, 0.25) is 10.0 Å². The summed E-state index contributed by atoms with van der Waals surface area (Å²) in [4.78, 5) is 6.56. The van der Waals surface area contributed by atoms with Gasteiger partial charge in [0.15, 0.2) is 0 Å². The van der Waals surface area contributed by atoms with Crippen LogP contribution in [0, 0.1) is 0 Å². The largest absolute Gasteiger partial charge is 0.385 e. The van der Waals surface area contributed by atoms with E-state index in [1.165, 1.54) is 10.5 Å². The maximum atomic E-state index is 12.7. The molecule has 1 fully saturated rings. The predicted molar refractivity (Wildman–Crippen MR) is 110 cm³/mol. The van der Waals surface area contributed by atoms with Gasteiger partial charge >= 0.3 is 0 Å². The van der Waals surface area contributed by atoms with Gasteiger partial charge < -0.3 is 15.3 Å². The molecule has 0 aliphatic carbocycles. The summed E-state index contributed by atoms with van der Waals surface area (Å²) in [7, 11) is -1.52. The molecule has 1 unspecified atom stereocenters. The van der Waals surface area contributed by atoms with Gasteiger partial charge in [-0.3, -0.25) is 0 Å². The van der Waals surface area contributed by atoms with Crippen molar-refractivity contribution < 1.29 is 13.5 Å². The molecule has 2 heterocycles. The summed E-state index contributed by atoms with van der Waals surface area (Å²) in [6, 6.07) is 12.8. The van der Waals surface area contributed by atoms with Crippen molar-refractivity contribution in [2.45, 2.75) is 23.8 Å². The topological polar surface area (TPSA) is 85.8 Å². The standard InChI is InChI=1S/C20H28N4O3S/c1-20(25,17-6-4-3-5-7-17)10-11-21-19-9-8-18(16-22-19)28(26,27)24-14-12-23(2)13-15-24/h3-9,16,25H,10-15H2,1-2H3,(H,21,22). The highest BCUT2D eigenvalue weighted by Crippen LogP contribution is 2.24. The lowest BCUT2D eigenvalue weighted by atomic mass is 9.93. The molecule has 1 atom stereocenters. The first-order valence-corrected chi connectivity index (χ1v) is 10.9. The number of hydrogen-bond acceptors (Lipinski definition) is 6. The quantitative estimate of drug-likeness (QED) is 0.731. The van der Waals surface area contributed by atoms with Crippen LogP contribution >= 0.6 is 0 Å². The lowest BCUT2D eigenvalue weighted by molar-refractivity contribution is 0.0515. The lowest BCUT2D eigenvalue weighted by Gasteiger charge is -2.31. The molecule has 1 aromatic carbocycles. The normalized spacial score (nSPS) is 18.5. The number of nitrogens with one attached hydrogen (secondary N) is 1. The number of aromatic nitrogens is 1. The van der Waals surface area contributed by atoms with Crippen LogP contribution in [0.5, 0.6) is 0 Å². The number of pyridine rings is 1. The highest BCUT2D eigenvalue weighted by atomic mass is 32.2. The highest BCUT2D eigenvalue weighted by molar-refractivity contribution is 7.89. The van der Waals surface area contributed by atoms with E-state index in [0.29, 0.717) is 31.9 Å². The molecule has 0 spiro atoms. The van der Waals surface area contributed by atoms with Crippen LogP contribution in [-0.2, 0) is 15.6 Å². The summed E-state index contributed by atoms with van der Waals surface area (Å²) in [6.07, 6.45) is 1.89. The maximum Gasteiger partial charge on any atom is 0.244 e. The molecular weight excluding hydrogens is 376 g/mol. The first kappa shape index (κ1) is 20.7. The molecule has 1 aromatic heterocycles. The maximum absolute atomic E-state index is 12.7. The van der Waals surface area contributed by atoms with Gasteiger partial charge in [0.25, 0.3) is 0 Å². The average molecular weight is 405 g/mol. The van der Waals surface area contributed by atoms with Gasteiger partial charge in [-0.1, -0.05) is 30.3 Å². The number of piperazine rings is 1. The van der Waals surface area contributed by atoms with Crippen molar-refractivity contribution in [3.05, 3.63) is 54.2 Å². The predicted octanol–water partition coefficient (Wildman–Crippen LogP) is 1.73. The van der Waals surface area contributed by atoms with Crippen LogP contribution in [0.1, 0.15) is 18.9 Å². The molecule has 1 aliphatic heterocycles. The molecule has 2 N–H and O–H groups in total. The van der Waals surface area contributed by atoms with E-state index >= 15 is 0 Å². The monoisotopic (exact) mass is 404 g/mol. The van der Waals surface area contributed by atoms with E-state index in [4.69, 9.17) is 0 Å². The molecule has 3 rings (SSSR count). The van der Waals surface area contributed by atoms with Crippen molar-refractivity contribution in [3.8, 4) is 0 Å². The van der Waals surface area contributed by atoms with E-state index in [0.717, 1.165) is 18.7 Å². The SMILES string of the molecule is CN1CCN(S(=O)(=O)c2ccc(NCCC(C)(O)c3ccccc3)nc2)CC1. The summed E-state index contributed by atoms with van der Waals surface area (Å²) < 4.78 is 27.0. The summed E-state index contributed by atoms with van der Waals surface area (Å²) in [5.41, 5.74) is -0.0859. The molecule has 8 heteroatoms. The first-order valence-electron chi connectivity index (χ1n) is 9.45. The van der Waals surface area contributed by atoms with Crippen LogP contribution < -0.4 is 5.32 Å². The molecule has 1 saturated heterocycles. The van der Waals surface area contributed by atoms with Gasteiger partial charge in [0.05, 0.1) is 5.60 Å². The van der Waals surface area contributed by atoms with Crippen LogP contribution in [0.3, 0.4) is 0 Å². The Bertz CT molecular complexity index is 862. The number of hydrogen-bond donors (Lipinski definition) is 2. The number of likely N-dealkylation sites (N-methyl/N-ethyl adjacent to an activating group) is 1. The van der Waals surface area contributed by atoms with Crippen molar-refractivity contribution in [2.24, 2.45) is 0 Å². The zero-order valence-electron chi connectivity index (χ0n) is 16.4. The van der Waals surface area contributed by atoms with Crippen molar-refractivity contribution in [2.75, 3.05) is 45.1 Å². The van der Waals surface area contributed by atoms with Gasteiger partial charge in [-0.15, -0.1) is 0 Å². The third-order valence-electron chi connectivity index (χ3n) is 5.15. The Kier molecular flexibility index (Phi) is 6.34. The molecule has 0 radical (unpaired) electrons. The van der Waals surface area contributed by atoms with Crippen molar-refractivity contribution >= 4 is 15.8 Å². The van der Waals surface area contributed by atoms with E-state index in [1.807, 2.05) is 37.4 Å². The van der Waals surface area contributed by atoms with Crippen LogP contribution in [0.25, 0.3) is 0 Å². The molecule has 0 bridgehead atoms. The van der Waals surface area contributed by atoms with E-state index in [9.17, 15) is 13.5 Å². The Morgan fingerprint density at radius 2 is 1.79 bits per heavy atom. The third kappa shape index (κ3) is 4.88. The van der Waals surface area contributed by atoms with Crippen molar-refractivity contribution in [1.29, 1.82) is 0 Å². The lowest BCUT2D eigenvalue weighted by Crippen LogP contribution is -2.47. The number of sulfonamides is 1. The average Bonchev–Trinajstić information content (AvgIpc) is 2.69. The highest BCUT2D eigenvalue weighted by Gasteiger charge is 2.27. The van der Waals surface area contributed by atoms with E-state index in [2.05, 4.69) is 15.2 Å².